The fourth-order valence-corrected chi connectivity index (χ4v) is 3.56. The second-order valence-electron chi connectivity index (χ2n) is 7.76. The predicted molar refractivity (Wildman–Crippen MR) is 116 cm³/mol. The number of aliphatic hydroxyl groups is 1. The molecule has 1 rings (SSSR count). The van der Waals surface area contributed by atoms with Crippen LogP contribution in [0.1, 0.15) is 89.9 Å². The van der Waals surface area contributed by atoms with Crippen LogP contribution in [-0.2, 0) is 19.1 Å². The van der Waals surface area contributed by atoms with Crippen LogP contribution in [0.25, 0.3) is 0 Å². The lowest BCUT2D eigenvalue weighted by molar-refractivity contribution is -0.131. The van der Waals surface area contributed by atoms with Gasteiger partial charge in [0.05, 0.1) is 7.11 Å². The molecule has 1 aliphatic carbocycles. The number of rotatable bonds is 17. The SMILES string of the molecule is COC1=CC(=O)C(O)=C(CCCCCCCCCCCCCCC=CC(=O)O)C1=O. The van der Waals surface area contributed by atoms with Crippen LogP contribution in [0.5, 0.6) is 0 Å². The van der Waals surface area contributed by atoms with Crippen LogP contribution in [0.4, 0.5) is 0 Å². The second kappa shape index (κ2) is 15.5. The Morgan fingerprint density at radius 1 is 0.900 bits per heavy atom. The van der Waals surface area contributed by atoms with E-state index in [1.165, 1.54) is 51.7 Å². The van der Waals surface area contributed by atoms with Crippen LogP contribution >= 0.6 is 0 Å². The van der Waals surface area contributed by atoms with Gasteiger partial charge in [0.1, 0.15) is 0 Å². The highest BCUT2D eigenvalue weighted by molar-refractivity contribution is 6.20. The lowest BCUT2D eigenvalue weighted by atomic mass is 9.94. The summed E-state index contributed by atoms with van der Waals surface area (Å²) in [5, 5.41) is 18.3. The number of unbranched alkanes of at least 4 members (excludes halogenated alkanes) is 12. The third-order valence-corrected chi connectivity index (χ3v) is 5.31. The summed E-state index contributed by atoms with van der Waals surface area (Å²) < 4.78 is 4.91. The molecule has 0 saturated carbocycles. The molecule has 0 aromatic heterocycles. The molecule has 6 heteroatoms. The quantitative estimate of drug-likeness (QED) is 0.181. The Balaban J connectivity index is 1.96. The van der Waals surface area contributed by atoms with Crippen molar-refractivity contribution < 1.29 is 29.3 Å². The zero-order valence-corrected chi connectivity index (χ0v) is 18.2. The van der Waals surface area contributed by atoms with Gasteiger partial charge in [0, 0.05) is 17.7 Å². The maximum absolute atomic E-state index is 12.1. The summed E-state index contributed by atoms with van der Waals surface area (Å²) in [5.74, 6) is -2.25. The molecule has 0 unspecified atom stereocenters. The van der Waals surface area contributed by atoms with Gasteiger partial charge < -0.3 is 14.9 Å². The van der Waals surface area contributed by atoms with Gasteiger partial charge >= 0.3 is 5.97 Å². The molecule has 0 radical (unpaired) electrons. The van der Waals surface area contributed by atoms with Gasteiger partial charge in [-0.15, -0.1) is 0 Å². The van der Waals surface area contributed by atoms with Crippen molar-refractivity contribution in [2.75, 3.05) is 7.11 Å². The number of aliphatic carboxylic acids is 1. The molecule has 0 aliphatic heterocycles. The standard InChI is InChI=1S/C24H36O6/c1-30-21-18-20(25)23(28)19(24(21)29)16-14-12-10-8-6-4-2-3-5-7-9-11-13-15-17-22(26)27/h15,17-18,28H,2-14,16H2,1H3,(H,26,27). The van der Waals surface area contributed by atoms with Crippen LogP contribution in [0.15, 0.2) is 35.3 Å². The Bertz CT molecular complexity index is 657. The van der Waals surface area contributed by atoms with E-state index in [9.17, 15) is 19.5 Å². The molecule has 0 aromatic rings. The highest BCUT2D eigenvalue weighted by Crippen LogP contribution is 2.23. The molecule has 0 atom stereocenters. The first-order valence-electron chi connectivity index (χ1n) is 11.1. The molecular weight excluding hydrogens is 384 g/mol. The number of aliphatic hydroxyl groups excluding tert-OH is 1. The van der Waals surface area contributed by atoms with E-state index in [1.807, 2.05) is 0 Å². The second-order valence-corrected chi connectivity index (χ2v) is 7.76. The first kappa shape index (κ1) is 25.7. The van der Waals surface area contributed by atoms with E-state index < -0.39 is 17.5 Å². The number of carboxylic acids is 1. The Hall–Kier alpha value is -2.37. The van der Waals surface area contributed by atoms with Crippen molar-refractivity contribution in [3.63, 3.8) is 0 Å². The summed E-state index contributed by atoms with van der Waals surface area (Å²) in [5.41, 5.74) is 0.178. The molecule has 2 N–H and O–H groups in total. The van der Waals surface area contributed by atoms with E-state index in [0.717, 1.165) is 51.0 Å². The zero-order chi connectivity index (χ0) is 22.2. The zero-order valence-electron chi connectivity index (χ0n) is 18.2. The molecule has 0 bridgehead atoms. The molecular formula is C24H36O6. The number of hydrogen-bond acceptors (Lipinski definition) is 5. The van der Waals surface area contributed by atoms with E-state index >= 15 is 0 Å². The van der Waals surface area contributed by atoms with Crippen LogP contribution < -0.4 is 0 Å². The van der Waals surface area contributed by atoms with Crippen LogP contribution in [0.2, 0.25) is 0 Å². The van der Waals surface area contributed by atoms with Crippen molar-refractivity contribution in [2.45, 2.75) is 89.9 Å². The number of methoxy groups -OCH3 is 1. The van der Waals surface area contributed by atoms with Gasteiger partial charge in [-0.25, -0.2) is 4.79 Å². The monoisotopic (exact) mass is 420 g/mol. The molecule has 0 amide bonds. The van der Waals surface area contributed by atoms with Gasteiger partial charge in [-0.1, -0.05) is 70.3 Å². The number of ether oxygens (including phenoxy) is 1. The van der Waals surface area contributed by atoms with E-state index in [4.69, 9.17) is 9.84 Å². The minimum atomic E-state index is -0.874. The number of carboxylic acid groups (broad SMARTS) is 1. The number of carbonyl (C=O) groups is 3. The Morgan fingerprint density at radius 2 is 1.40 bits per heavy atom. The van der Waals surface area contributed by atoms with E-state index in [-0.39, 0.29) is 17.1 Å². The summed E-state index contributed by atoms with van der Waals surface area (Å²) in [6.07, 6.45) is 18.9. The molecule has 168 valence electrons. The van der Waals surface area contributed by atoms with Gasteiger partial charge in [-0.2, -0.15) is 0 Å². The van der Waals surface area contributed by atoms with E-state index in [1.54, 1.807) is 6.08 Å². The van der Waals surface area contributed by atoms with Gasteiger partial charge in [-0.3, -0.25) is 9.59 Å². The molecule has 0 heterocycles. The van der Waals surface area contributed by atoms with E-state index in [2.05, 4.69) is 0 Å². The summed E-state index contributed by atoms with van der Waals surface area (Å²) >= 11 is 0. The Kier molecular flexibility index (Phi) is 13.2. The van der Waals surface area contributed by atoms with Gasteiger partial charge in [0.15, 0.2) is 11.5 Å². The summed E-state index contributed by atoms with van der Waals surface area (Å²) in [7, 11) is 1.35. The normalized spacial score (nSPS) is 14.5. The molecule has 0 spiro atoms. The third kappa shape index (κ3) is 10.4. The number of carbonyl (C=O) groups excluding carboxylic acids is 2. The number of ketones is 2. The maximum Gasteiger partial charge on any atom is 0.327 e. The number of hydrogen-bond donors (Lipinski definition) is 2. The van der Waals surface area contributed by atoms with Crippen LogP contribution in [0.3, 0.4) is 0 Å². The number of Topliss-reactive ketones (excluding diaryl/α,β-unsaturated/α-hetero) is 1. The lowest BCUT2D eigenvalue weighted by Crippen LogP contribution is -2.20. The Labute approximate surface area is 179 Å². The molecule has 1 aliphatic rings. The minimum absolute atomic E-state index is 0.00261. The third-order valence-electron chi connectivity index (χ3n) is 5.31. The predicted octanol–water partition coefficient (Wildman–Crippen LogP) is 5.58. The average molecular weight is 421 g/mol. The maximum atomic E-state index is 12.1. The average Bonchev–Trinajstić information content (AvgIpc) is 2.72. The fraction of sp³-hybridized carbons (Fsp3) is 0.625. The largest absolute Gasteiger partial charge is 0.504 e. The van der Waals surface area contributed by atoms with Crippen molar-refractivity contribution >= 4 is 17.5 Å². The minimum Gasteiger partial charge on any atom is -0.504 e. The molecule has 30 heavy (non-hydrogen) atoms. The first-order valence-corrected chi connectivity index (χ1v) is 11.1. The van der Waals surface area contributed by atoms with Crippen molar-refractivity contribution in [1.29, 1.82) is 0 Å². The Morgan fingerprint density at radius 3 is 1.90 bits per heavy atom. The number of allylic oxidation sites excluding steroid dienone is 3. The summed E-state index contributed by atoms with van der Waals surface area (Å²) in [4.78, 5) is 34.1. The van der Waals surface area contributed by atoms with Gasteiger partial charge in [0.2, 0.25) is 11.6 Å². The molecule has 0 saturated heterocycles. The first-order chi connectivity index (χ1) is 14.5. The highest BCUT2D eigenvalue weighted by atomic mass is 16.5. The molecule has 0 aromatic carbocycles. The summed E-state index contributed by atoms with van der Waals surface area (Å²) in [6, 6.07) is 0. The highest BCUT2D eigenvalue weighted by Gasteiger charge is 2.28. The van der Waals surface area contributed by atoms with Crippen LogP contribution in [0, 0.1) is 0 Å². The smallest absolute Gasteiger partial charge is 0.327 e. The van der Waals surface area contributed by atoms with Gasteiger partial charge in [-0.05, 0) is 25.7 Å². The molecule has 6 nitrogen and oxygen atoms in total. The fourth-order valence-electron chi connectivity index (χ4n) is 3.56. The van der Waals surface area contributed by atoms with Gasteiger partial charge in [0.25, 0.3) is 0 Å². The van der Waals surface area contributed by atoms with E-state index in [0.29, 0.717) is 6.42 Å². The van der Waals surface area contributed by atoms with Crippen molar-refractivity contribution in [3.8, 4) is 0 Å². The molecule has 0 fully saturated rings. The van der Waals surface area contributed by atoms with Crippen molar-refractivity contribution in [3.05, 3.63) is 35.3 Å². The van der Waals surface area contributed by atoms with Crippen LogP contribution in [-0.4, -0.2) is 34.9 Å². The summed E-state index contributed by atoms with van der Waals surface area (Å²) in [6.45, 7) is 0. The van der Waals surface area contributed by atoms with Crippen molar-refractivity contribution in [1.82, 2.24) is 0 Å². The topological polar surface area (TPSA) is 101 Å². The lowest BCUT2D eigenvalue weighted by Gasteiger charge is -2.14. The van der Waals surface area contributed by atoms with Crippen molar-refractivity contribution in [2.24, 2.45) is 0 Å².